The van der Waals surface area contributed by atoms with Crippen molar-refractivity contribution in [3.63, 3.8) is 0 Å². The minimum atomic E-state index is -1.03. The van der Waals surface area contributed by atoms with Crippen molar-refractivity contribution in [1.82, 2.24) is 0 Å². The van der Waals surface area contributed by atoms with Gasteiger partial charge in [0.15, 0.2) is 0 Å². The molecule has 0 amide bonds. The average Bonchev–Trinajstić information content (AvgIpc) is 2.26. The molecule has 0 heterocycles. The molecule has 0 atom stereocenters. The van der Waals surface area contributed by atoms with Crippen molar-refractivity contribution >= 4 is 34.6 Å². The summed E-state index contributed by atoms with van der Waals surface area (Å²) >= 11 is 6.26. The first kappa shape index (κ1) is 15.4. The van der Waals surface area contributed by atoms with Gasteiger partial charge in [0.2, 0.25) is 0 Å². The first-order chi connectivity index (χ1) is 8.68. The Bertz CT molecular complexity index is 499. The molecule has 6 heteroatoms. The second kappa shape index (κ2) is 5.57. The summed E-state index contributed by atoms with van der Waals surface area (Å²) in [6.45, 7) is 0. The van der Waals surface area contributed by atoms with Gasteiger partial charge in [-0.2, -0.15) is 0 Å². The number of halogens is 1. The quantitative estimate of drug-likeness (QED) is 0.919. The van der Waals surface area contributed by atoms with E-state index in [2.05, 4.69) is 0 Å². The third kappa shape index (κ3) is 2.87. The Morgan fingerprint density at radius 3 is 1.79 bits per heavy atom. The summed E-state index contributed by atoms with van der Waals surface area (Å²) in [6, 6.07) is 1.60. The summed E-state index contributed by atoms with van der Waals surface area (Å²) in [6.07, 6.45) is 0. The zero-order chi connectivity index (χ0) is 14.9. The minimum Gasteiger partial charge on any atom is -0.478 e. The van der Waals surface area contributed by atoms with Gasteiger partial charge in [-0.15, -0.1) is 0 Å². The van der Waals surface area contributed by atoms with E-state index in [1.165, 1.54) is 0 Å². The van der Waals surface area contributed by atoms with Crippen molar-refractivity contribution < 1.29 is 9.90 Å². The van der Waals surface area contributed by atoms with Gasteiger partial charge < -0.3 is 19.8 Å². The van der Waals surface area contributed by atoms with Crippen LogP contribution in [0.2, 0.25) is 5.02 Å². The molecule has 0 aliphatic heterocycles. The SMILES string of the molecule is CN(C)c1cc(C(=O)O)c(Cl)c(N(C)C)c1N(C)C. The van der Waals surface area contributed by atoms with Crippen molar-refractivity contribution in [3.8, 4) is 0 Å². The number of carboxylic acids is 1. The number of benzene rings is 1. The van der Waals surface area contributed by atoms with E-state index in [0.29, 0.717) is 5.69 Å². The first-order valence-electron chi connectivity index (χ1n) is 5.80. The van der Waals surface area contributed by atoms with Crippen LogP contribution in [0.25, 0.3) is 0 Å². The van der Waals surface area contributed by atoms with Gasteiger partial charge in [0.05, 0.1) is 27.6 Å². The van der Waals surface area contributed by atoms with Crippen LogP contribution in [0.4, 0.5) is 17.1 Å². The predicted octanol–water partition coefficient (Wildman–Crippen LogP) is 2.24. The lowest BCUT2D eigenvalue weighted by Gasteiger charge is -2.30. The standard InChI is InChI=1S/C13H20ClN3O2/c1-15(2)9-7-8(13(18)19)10(14)12(17(5)6)11(9)16(3)4/h7H,1-6H3,(H,18,19). The molecular formula is C13H20ClN3O2. The second-order valence-electron chi connectivity index (χ2n) is 4.94. The van der Waals surface area contributed by atoms with Crippen LogP contribution in [0, 0.1) is 0 Å². The molecule has 1 N–H and O–H groups in total. The molecule has 0 spiro atoms. The molecule has 19 heavy (non-hydrogen) atoms. The van der Waals surface area contributed by atoms with Crippen LogP contribution in [-0.2, 0) is 0 Å². The third-order valence-electron chi connectivity index (χ3n) is 2.80. The number of hydrogen-bond acceptors (Lipinski definition) is 4. The van der Waals surface area contributed by atoms with Crippen LogP contribution in [0.3, 0.4) is 0 Å². The van der Waals surface area contributed by atoms with E-state index in [1.807, 2.05) is 57.0 Å². The van der Waals surface area contributed by atoms with Crippen LogP contribution >= 0.6 is 11.6 Å². The Hall–Kier alpha value is -1.62. The van der Waals surface area contributed by atoms with Gasteiger partial charge in [-0.05, 0) is 6.07 Å². The lowest BCUT2D eigenvalue weighted by Crippen LogP contribution is -2.22. The van der Waals surface area contributed by atoms with Gasteiger partial charge in [-0.25, -0.2) is 4.79 Å². The van der Waals surface area contributed by atoms with Gasteiger partial charge in [0.1, 0.15) is 0 Å². The van der Waals surface area contributed by atoms with Crippen molar-refractivity contribution in [2.45, 2.75) is 0 Å². The highest BCUT2D eigenvalue weighted by molar-refractivity contribution is 6.37. The number of hydrogen-bond donors (Lipinski definition) is 1. The summed E-state index contributed by atoms with van der Waals surface area (Å²) in [5, 5.41) is 9.53. The summed E-state index contributed by atoms with van der Waals surface area (Å²) in [5.74, 6) is -1.03. The number of carbonyl (C=O) groups is 1. The summed E-state index contributed by atoms with van der Waals surface area (Å²) in [4.78, 5) is 17.0. The van der Waals surface area contributed by atoms with Crippen molar-refractivity contribution in [2.75, 3.05) is 57.0 Å². The molecule has 0 bridgehead atoms. The van der Waals surface area contributed by atoms with E-state index in [-0.39, 0.29) is 10.6 Å². The van der Waals surface area contributed by atoms with Crippen LogP contribution < -0.4 is 14.7 Å². The van der Waals surface area contributed by atoms with Crippen molar-refractivity contribution in [2.24, 2.45) is 0 Å². The Morgan fingerprint density at radius 1 is 1.00 bits per heavy atom. The molecule has 0 unspecified atom stereocenters. The Labute approximate surface area is 119 Å². The Kier molecular flexibility index (Phi) is 4.52. The first-order valence-corrected chi connectivity index (χ1v) is 6.18. The van der Waals surface area contributed by atoms with Crippen molar-refractivity contribution in [1.29, 1.82) is 0 Å². The molecule has 1 rings (SSSR count). The topological polar surface area (TPSA) is 47.0 Å². The molecule has 0 aliphatic rings. The number of nitrogens with zero attached hydrogens (tertiary/aromatic N) is 3. The summed E-state index contributed by atoms with van der Waals surface area (Å²) < 4.78 is 0. The highest BCUT2D eigenvalue weighted by Crippen LogP contribution is 2.43. The van der Waals surface area contributed by atoms with E-state index in [9.17, 15) is 9.90 Å². The molecular weight excluding hydrogens is 266 g/mol. The van der Waals surface area contributed by atoms with Gasteiger partial charge in [-0.1, -0.05) is 11.6 Å². The number of anilines is 3. The minimum absolute atomic E-state index is 0.111. The van der Waals surface area contributed by atoms with Gasteiger partial charge in [0, 0.05) is 42.3 Å². The molecule has 0 saturated carbocycles. The fourth-order valence-electron chi connectivity index (χ4n) is 1.97. The molecule has 106 valence electrons. The monoisotopic (exact) mass is 285 g/mol. The van der Waals surface area contributed by atoms with Crippen molar-refractivity contribution in [3.05, 3.63) is 16.7 Å². The normalized spacial score (nSPS) is 10.3. The zero-order valence-corrected chi connectivity index (χ0v) is 12.9. The van der Waals surface area contributed by atoms with Crippen LogP contribution in [0.15, 0.2) is 6.07 Å². The fourth-order valence-corrected chi connectivity index (χ4v) is 2.36. The highest BCUT2D eigenvalue weighted by atomic mass is 35.5. The largest absolute Gasteiger partial charge is 0.478 e. The lowest BCUT2D eigenvalue weighted by molar-refractivity contribution is 0.0697. The summed E-state index contributed by atoms with van der Waals surface area (Å²) in [7, 11) is 11.3. The second-order valence-corrected chi connectivity index (χ2v) is 5.32. The smallest absolute Gasteiger partial charge is 0.337 e. The van der Waals surface area contributed by atoms with E-state index in [1.54, 1.807) is 6.07 Å². The van der Waals surface area contributed by atoms with Gasteiger partial charge >= 0.3 is 5.97 Å². The molecule has 0 saturated heterocycles. The maximum atomic E-state index is 11.3. The number of rotatable bonds is 4. The molecule has 5 nitrogen and oxygen atoms in total. The van der Waals surface area contributed by atoms with Crippen LogP contribution in [0.1, 0.15) is 10.4 Å². The van der Waals surface area contributed by atoms with Crippen LogP contribution in [-0.4, -0.2) is 53.4 Å². The number of carboxylic acid groups (broad SMARTS) is 1. The van der Waals surface area contributed by atoms with E-state index >= 15 is 0 Å². The maximum Gasteiger partial charge on any atom is 0.337 e. The number of aromatic carboxylic acids is 1. The summed E-state index contributed by atoms with van der Waals surface area (Å²) in [5.41, 5.74) is 2.52. The van der Waals surface area contributed by atoms with E-state index in [4.69, 9.17) is 11.6 Å². The Morgan fingerprint density at radius 2 is 1.47 bits per heavy atom. The molecule has 0 radical (unpaired) electrons. The lowest BCUT2D eigenvalue weighted by atomic mass is 10.1. The molecule has 1 aromatic carbocycles. The van der Waals surface area contributed by atoms with E-state index < -0.39 is 5.97 Å². The van der Waals surface area contributed by atoms with E-state index in [0.717, 1.165) is 11.4 Å². The molecule has 0 aliphatic carbocycles. The maximum absolute atomic E-state index is 11.3. The van der Waals surface area contributed by atoms with Gasteiger partial charge in [0.25, 0.3) is 0 Å². The zero-order valence-electron chi connectivity index (χ0n) is 12.2. The molecule has 0 aromatic heterocycles. The van der Waals surface area contributed by atoms with Crippen LogP contribution in [0.5, 0.6) is 0 Å². The molecule has 0 fully saturated rings. The van der Waals surface area contributed by atoms with Gasteiger partial charge in [-0.3, -0.25) is 0 Å². The fraction of sp³-hybridized carbons (Fsp3) is 0.462. The molecule has 1 aromatic rings. The third-order valence-corrected chi connectivity index (χ3v) is 3.18. The predicted molar refractivity (Wildman–Crippen MR) is 81.4 cm³/mol. The average molecular weight is 286 g/mol. The highest BCUT2D eigenvalue weighted by Gasteiger charge is 2.23. The Balaban J connectivity index is 3.78.